The molecular formula is C17H13ClFN5O. The zero-order valence-corrected chi connectivity index (χ0v) is 13.9. The summed E-state index contributed by atoms with van der Waals surface area (Å²) in [4.78, 5) is 25.5. The number of hydrogen-bond acceptors (Lipinski definition) is 5. The van der Waals surface area contributed by atoms with E-state index in [-0.39, 0.29) is 5.69 Å². The number of halogens is 2. The van der Waals surface area contributed by atoms with Crippen LogP contribution in [0.4, 0.5) is 21.5 Å². The number of pyridine rings is 1. The van der Waals surface area contributed by atoms with E-state index in [9.17, 15) is 9.18 Å². The molecule has 0 fully saturated rings. The summed E-state index contributed by atoms with van der Waals surface area (Å²) in [6.07, 6.45) is 4.72. The van der Waals surface area contributed by atoms with Crippen molar-refractivity contribution in [2.24, 2.45) is 0 Å². The molecule has 0 saturated carbocycles. The Morgan fingerprint density at radius 3 is 2.68 bits per heavy atom. The Balaban J connectivity index is 1.85. The van der Waals surface area contributed by atoms with Gasteiger partial charge in [0.2, 0.25) is 5.95 Å². The van der Waals surface area contributed by atoms with Crippen molar-refractivity contribution in [2.75, 3.05) is 17.3 Å². The van der Waals surface area contributed by atoms with Crippen molar-refractivity contribution in [1.82, 2.24) is 15.0 Å². The highest BCUT2D eigenvalue weighted by molar-refractivity contribution is 6.33. The number of rotatable bonds is 4. The van der Waals surface area contributed by atoms with E-state index < -0.39 is 11.9 Å². The summed E-state index contributed by atoms with van der Waals surface area (Å²) >= 11 is 6.26. The quantitative estimate of drug-likeness (QED) is 0.721. The number of nitrogens with one attached hydrogen (secondary N) is 1. The maximum absolute atomic E-state index is 13.1. The number of hydrogen-bond donors (Lipinski definition) is 1. The summed E-state index contributed by atoms with van der Waals surface area (Å²) in [6, 6.07) is 9.04. The molecule has 0 atom stereocenters. The molecule has 0 unspecified atom stereocenters. The number of amides is 1. The summed E-state index contributed by atoms with van der Waals surface area (Å²) in [5.74, 6) is -1.23. The molecule has 2 heterocycles. The van der Waals surface area contributed by atoms with Gasteiger partial charge in [0.25, 0.3) is 5.91 Å². The summed E-state index contributed by atoms with van der Waals surface area (Å²) in [5, 5.41) is 3.17. The van der Waals surface area contributed by atoms with Crippen LogP contribution in [0.2, 0.25) is 5.02 Å². The number of carbonyl (C=O) groups excluding carboxylic acids is 1. The Kier molecular flexibility index (Phi) is 4.85. The Labute approximate surface area is 148 Å². The molecule has 126 valence electrons. The minimum absolute atomic E-state index is 0.0127. The SMILES string of the molecule is CN(c1cncnc1)c1cc(NC(=O)c2cccc(F)n2)ccc1Cl. The van der Waals surface area contributed by atoms with Crippen molar-refractivity contribution in [3.05, 3.63) is 71.8 Å². The molecule has 8 heteroatoms. The lowest BCUT2D eigenvalue weighted by Gasteiger charge is -2.20. The maximum Gasteiger partial charge on any atom is 0.274 e. The number of aromatic nitrogens is 3. The van der Waals surface area contributed by atoms with Crippen LogP contribution in [0.3, 0.4) is 0 Å². The van der Waals surface area contributed by atoms with Crippen LogP contribution in [0.1, 0.15) is 10.5 Å². The lowest BCUT2D eigenvalue weighted by atomic mass is 10.2. The molecular weight excluding hydrogens is 345 g/mol. The van der Waals surface area contributed by atoms with Crippen LogP contribution < -0.4 is 10.2 Å². The van der Waals surface area contributed by atoms with Crippen molar-refractivity contribution in [3.8, 4) is 0 Å². The van der Waals surface area contributed by atoms with E-state index in [1.807, 2.05) is 0 Å². The van der Waals surface area contributed by atoms with Crippen molar-refractivity contribution < 1.29 is 9.18 Å². The number of anilines is 3. The molecule has 1 N–H and O–H groups in total. The van der Waals surface area contributed by atoms with E-state index in [1.54, 1.807) is 42.5 Å². The van der Waals surface area contributed by atoms with Gasteiger partial charge in [-0.2, -0.15) is 4.39 Å². The van der Waals surface area contributed by atoms with Crippen molar-refractivity contribution >= 4 is 34.6 Å². The molecule has 0 spiro atoms. The number of carbonyl (C=O) groups is 1. The predicted octanol–water partition coefficient (Wildman–Crippen LogP) is 3.68. The lowest BCUT2D eigenvalue weighted by Crippen LogP contribution is -2.15. The van der Waals surface area contributed by atoms with Gasteiger partial charge in [-0.1, -0.05) is 17.7 Å². The Morgan fingerprint density at radius 1 is 1.20 bits per heavy atom. The molecule has 25 heavy (non-hydrogen) atoms. The number of benzene rings is 1. The van der Waals surface area contributed by atoms with Gasteiger partial charge >= 0.3 is 0 Å². The second-order valence-electron chi connectivity index (χ2n) is 5.12. The predicted molar refractivity (Wildman–Crippen MR) is 93.7 cm³/mol. The van der Waals surface area contributed by atoms with Crippen LogP contribution in [0, 0.1) is 5.95 Å². The maximum atomic E-state index is 13.1. The highest BCUT2D eigenvalue weighted by Crippen LogP contribution is 2.32. The van der Waals surface area contributed by atoms with E-state index in [4.69, 9.17) is 11.6 Å². The third kappa shape index (κ3) is 3.89. The Hall–Kier alpha value is -3.06. The molecule has 6 nitrogen and oxygen atoms in total. The summed E-state index contributed by atoms with van der Waals surface area (Å²) < 4.78 is 13.1. The van der Waals surface area contributed by atoms with E-state index in [2.05, 4.69) is 20.3 Å². The van der Waals surface area contributed by atoms with Gasteiger partial charge in [0.05, 0.1) is 28.8 Å². The molecule has 0 aliphatic rings. The molecule has 3 rings (SSSR count). The first kappa shape index (κ1) is 16.8. The fourth-order valence-electron chi connectivity index (χ4n) is 2.18. The van der Waals surface area contributed by atoms with Crippen molar-refractivity contribution in [2.45, 2.75) is 0 Å². The topological polar surface area (TPSA) is 71.0 Å². The second-order valence-corrected chi connectivity index (χ2v) is 5.53. The monoisotopic (exact) mass is 357 g/mol. The van der Waals surface area contributed by atoms with Gasteiger partial charge in [0.1, 0.15) is 12.0 Å². The molecule has 1 aromatic carbocycles. The smallest absolute Gasteiger partial charge is 0.274 e. The first-order chi connectivity index (χ1) is 12.0. The standard InChI is InChI=1S/C17H13ClFN5O/c1-24(12-8-20-10-21-9-12)15-7-11(5-6-13(15)18)22-17(25)14-3-2-4-16(19)23-14/h2-10H,1H3,(H,22,25). The molecule has 0 saturated heterocycles. The second kappa shape index (κ2) is 7.23. The minimum Gasteiger partial charge on any atom is -0.341 e. The Morgan fingerprint density at radius 2 is 1.96 bits per heavy atom. The van der Waals surface area contributed by atoms with Gasteiger partial charge in [0.15, 0.2) is 0 Å². The van der Waals surface area contributed by atoms with Gasteiger partial charge in [-0.05, 0) is 30.3 Å². The number of nitrogens with zero attached hydrogens (tertiary/aromatic N) is 4. The highest BCUT2D eigenvalue weighted by Gasteiger charge is 2.13. The third-order valence-corrected chi connectivity index (χ3v) is 3.77. The zero-order chi connectivity index (χ0) is 17.8. The van der Waals surface area contributed by atoms with Gasteiger partial charge < -0.3 is 10.2 Å². The van der Waals surface area contributed by atoms with Gasteiger partial charge in [-0.25, -0.2) is 15.0 Å². The van der Waals surface area contributed by atoms with Crippen LogP contribution in [0.5, 0.6) is 0 Å². The molecule has 2 aromatic heterocycles. The normalized spacial score (nSPS) is 10.4. The zero-order valence-electron chi connectivity index (χ0n) is 13.1. The van der Waals surface area contributed by atoms with Gasteiger partial charge in [-0.15, -0.1) is 0 Å². The molecule has 0 aliphatic carbocycles. The average molecular weight is 358 g/mol. The van der Waals surface area contributed by atoms with Gasteiger partial charge in [0, 0.05) is 12.7 Å². The molecule has 0 radical (unpaired) electrons. The van der Waals surface area contributed by atoms with E-state index in [0.29, 0.717) is 16.4 Å². The van der Waals surface area contributed by atoms with Crippen molar-refractivity contribution in [1.29, 1.82) is 0 Å². The van der Waals surface area contributed by atoms with Crippen LogP contribution in [-0.4, -0.2) is 27.9 Å². The van der Waals surface area contributed by atoms with Crippen LogP contribution >= 0.6 is 11.6 Å². The largest absolute Gasteiger partial charge is 0.341 e. The lowest BCUT2D eigenvalue weighted by molar-refractivity contribution is 0.102. The van der Waals surface area contributed by atoms with Crippen molar-refractivity contribution in [3.63, 3.8) is 0 Å². The minimum atomic E-state index is -0.715. The van der Waals surface area contributed by atoms with Crippen LogP contribution in [0.15, 0.2) is 55.1 Å². The van der Waals surface area contributed by atoms with E-state index >= 15 is 0 Å². The first-order valence-corrected chi connectivity index (χ1v) is 7.64. The van der Waals surface area contributed by atoms with E-state index in [0.717, 1.165) is 5.69 Å². The fraction of sp³-hybridized carbons (Fsp3) is 0.0588. The van der Waals surface area contributed by atoms with Crippen LogP contribution in [-0.2, 0) is 0 Å². The molecule has 3 aromatic rings. The third-order valence-electron chi connectivity index (χ3n) is 3.45. The molecule has 1 amide bonds. The summed E-state index contributed by atoms with van der Waals surface area (Å²) in [6.45, 7) is 0. The molecule has 0 aliphatic heterocycles. The average Bonchev–Trinajstić information content (AvgIpc) is 2.63. The fourth-order valence-corrected chi connectivity index (χ4v) is 2.43. The highest BCUT2D eigenvalue weighted by atomic mass is 35.5. The summed E-state index contributed by atoms with van der Waals surface area (Å²) in [7, 11) is 1.81. The van der Waals surface area contributed by atoms with E-state index in [1.165, 1.54) is 24.5 Å². The Bertz CT molecular complexity index is 907. The molecule has 0 bridgehead atoms. The summed E-state index contributed by atoms with van der Waals surface area (Å²) in [5.41, 5.74) is 1.88. The first-order valence-electron chi connectivity index (χ1n) is 7.27. The van der Waals surface area contributed by atoms with Gasteiger partial charge in [-0.3, -0.25) is 4.79 Å². The van der Waals surface area contributed by atoms with Crippen LogP contribution in [0.25, 0.3) is 0 Å².